The molecule has 3 aromatic rings. The topological polar surface area (TPSA) is 71.2 Å². The summed E-state index contributed by atoms with van der Waals surface area (Å²) in [4.78, 5) is 0. The van der Waals surface area contributed by atoms with E-state index in [2.05, 4.69) is 10.3 Å². The Balaban J connectivity index is 1.71. The van der Waals surface area contributed by atoms with Gasteiger partial charge in [-0.1, -0.05) is 65.4 Å². The highest BCUT2D eigenvalue weighted by Crippen LogP contribution is 2.20. The standard InChI is InChI=1S/C18H19N3O2/c1-13-7-9-14(10-8-13)17(22)12-21-11-16(19-20-21)18(23)15-5-3-2-4-6-15/h2-11,17-18,22-23H,12H2,1H3/t17-,18-/m1/s1. The molecule has 0 aliphatic heterocycles. The van der Waals surface area contributed by atoms with Crippen LogP contribution in [0.3, 0.4) is 0 Å². The van der Waals surface area contributed by atoms with E-state index < -0.39 is 12.2 Å². The minimum Gasteiger partial charge on any atom is -0.386 e. The van der Waals surface area contributed by atoms with Crippen molar-refractivity contribution in [2.24, 2.45) is 0 Å². The Morgan fingerprint density at radius 2 is 1.65 bits per heavy atom. The molecule has 0 amide bonds. The molecule has 2 aromatic carbocycles. The average molecular weight is 309 g/mol. The van der Waals surface area contributed by atoms with Crippen LogP contribution in [0.4, 0.5) is 0 Å². The van der Waals surface area contributed by atoms with Crippen LogP contribution in [-0.4, -0.2) is 25.2 Å². The lowest BCUT2D eigenvalue weighted by Gasteiger charge is -2.11. The van der Waals surface area contributed by atoms with Crippen molar-refractivity contribution in [1.29, 1.82) is 0 Å². The van der Waals surface area contributed by atoms with Crippen LogP contribution in [0.25, 0.3) is 0 Å². The van der Waals surface area contributed by atoms with Crippen molar-refractivity contribution < 1.29 is 10.2 Å². The normalized spacial score (nSPS) is 13.7. The first-order valence-corrected chi connectivity index (χ1v) is 7.51. The van der Waals surface area contributed by atoms with E-state index in [1.807, 2.05) is 61.5 Å². The Hall–Kier alpha value is -2.50. The molecule has 0 aliphatic rings. The van der Waals surface area contributed by atoms with Gasteiger partial charge in [-0.15, -0.1) is 5.10 Å². The van der Waals surface area contributed by atoms with Gasteiger partial charge >= 0.3 is 0 Å². The minimum atomic E-state index is -0.818. The van der Waals surface area contributed by atoms with Crippen LogP contribution in [-0.2, 0) is 6.54 Å². The first-order valence-electron chi connectivity index (χ1n) is 7.51. The van der Waals surface area contributed by atoms with Crippen molar-refractivity contribution in [2.75, 3.05) is 0 Å². The smallest absolute Gasteiger partial charge is 0.124 e. The predicted octanol–water partition coefficient (Wildman–Crippen LogP) is 2.40. The predicted molar refractivity (Wildman–Crippen MR) is 86.7 cm³/mol. The van der Waals surface area contributed by atoms with Gasteiger partial charge in [0.15, 0.2) is 0 Å². The Morgan fingerprint density at radius 1 is 0.957 bits per heavy atom. The van der Waals surface area contributed by atoms with Crippen LogP contribution in [0.1, 0.15) is 34.6 Å². The maximum absolute atomic E-state index is 10.3. The summed E-state index contributed by atoms with van der Waals surface area (Å²) in [7, 11) is 0. The summed E-state index contributed by atoms with van der Waals surface area (Å²) in [6, 6.07) is 17.0. The second-order valence-corrected chi connectivity index (χ2v) is 5.61. The summed E-state index contributed by atoms with van der Waals surface area (Å²) in [6.07, 6.45) is 0.176. The lowest BCUT2D eigenvalue weighted by atomic mass is 10.1. The molecule has 0 fully saturated rings. The third-order valence-electron chi connectivity index (χ3n) is 3.77. The quantitative estimate of drug-likeness (QED) is 0.759. The molecule has 0 unspecified atom stereocenters. The summed E-state index contributed by atoms with van der Waals surface area (Å²) in [5, 5.41) is 28.6. The van der Waals surface area contributed by atoms with Crippen molar-refractivity contribution in [2.45, 2.75) is 25.7 Å². The average Bonchev–Trinajstić information content (AvgIpc) is 3.04. The number of rotatable bonds is 5. The van der Waals surface area contributed by atoms with E-state index in [0.29, 0.717) is 5.69 Å². The lowest BCUT2D eigenvalue weighted by molar-refractivity contribution is 0.150. The molecule has 0 saturated heterocycles. The van der Waals surface area contributed by atoms with Crippen LogP contribution in [0.15, 0.2) is 60.8 Å². The zero-order valence-corrected chi connectivity index (χ0v) is 12.9. The van der Waals surface area contributed by atoms with Crippen molar-refractivity contribution in [3.05, 3.63) is 83.2 Å². The van der Waals surface area contributed by atoms with Crippen LogP contribution in [0.2, 0.25) is 0 Å². The Morgan fingerprint density at radius 3 is 2.35 bits per heavy atom. The van der Waals surface area contributed by atoms with Crippen molar-refractivity contribution in [1.82, 2.24) is 15.0 Å². The third-order valence-corrected chi connectivity index (χ3v) is 3.77. The monoisotopic (exact) mass is 309 g/mol. The fourth-order valence-corrected chi connectivity index (χ4v) is 2.41. The van der Waals surface area contributed by atoms with Gasteiger partial charge in [-0.05, 0) is 18.1 Å². The van der Waals surface area contributed by atoms with E-state index in [9.17, 15) is 10.2 Å². The van der Waals surface area contributed by atoms with Gasteiger partial charge in [0, 0.05) is 0 Å². The van der Waals surface area contributed by atoms with Crippen LogP contribution in [0, 0.1) is 6.92 Å². The highest BCUT2D eigenvalue weighted by atomic mass is 16.3. The molecular weight excluding hydrogens is 290 g/mol. The Kier molecular flexibility index (Phi) is 4.50. The number of aromatic nitrogens is 3. The van der Waals surface area contributed by atoms with E-state index >= 15 is 0 Å². The number of aryl methyl sites for hydroxylation is 1. The molecule has 2 atom stereocenters. The first kappa shape index (κ1) is 15.4. The van der Waals surface area contributed by atoms with E-state index in [1.54, 1.807) is 10.9 Å². The fraction of sp³-hybridized carbons (Fsp3) is 0.222. The first-order chi connectivity index (χ1) is 11.1. The number of hydrogen-bond donors (Lipinski definition) is 2. The highest BCUT2D eigenvalue weighted by molar-refractivity contribution is 5.24. The molecule has 5 nitrogen and oxygen atoms in total. The van der Waals surface area contributed by atoms with Crippen molar-refractivity contribution in [3.8, 4) is 0 Å². The summed E-state index contributed by atoms with van der Waals surface area (Å²) < 4.78 is 1.55. The highest BCUT2D eigenvalue weighted by Gasteiger charge is 2.16. The summed E-state index contributed by atoms with van der Waals surface area (Å²) in [5.41, 5.74) is 3.21. The van der Waals surface area contributed by atoms with Crippen LogP contribution >= 0.6 is 0 Å². The molecule has 0 spiro atoms. The van der Waals surface area contributed by atoms with Gasteiger partial charge in [0.05, 0.1) is 18.8 Å². The van der Waals surface area contributed by atoms with Gasteiger partial charge in [-0.2, -0.15) is 0 Å². The SMILES string of the molecule is Cc1ccc([C@H](O)Cn2cc([C@H](O)c3ccccc3)nn2)cc1. The van der Waals surface area contributed by atoms with Crippen LogP contribution in [0.5, 0.6) is 0 Å². The molecular formula is C18H19N3O2. The number of aliphatic hydroxyl groups excluding tert-OH is 2. The van der Waals surface area contributed by atoms with Crippen molar-refractivity contribution in [3.63, 3.8) is 0 Å². The number of nitrogens with zero attached hydrogens (tertiary/aromatic N) is 3. The van der Waals surface area contributed by atoms with Gasteiger partial charge in [0.1, 0.15) is 11.8 Å². The van der Waals surface area contributed by atoms with Crippen LogP contribution < -0.4 is 0 Å². The van der Waals surface area contributed by atoms with E-state index in [1.165, 1.54) is 0 Å². The minimum absolute atomic E-state index is 0.289. The molecule has 3 rings (SSSR count). The molecule has 1 heterocycles. The molecule has 118 valence electrons. The van der Waals surface area contributed by atoms with Gasteiger partial charge in [-0.3, -0.25) is 0 Å². The maximum atomic E-state index is 10.3. The maximum Gasteiger partial charge on any atom is 0.124 e. The van der Waals surface area contributed by atoms with Gasteiger partial charge in [-0.25, -0.2) is 4.68 Å². The third kappa shape index (κ3) is 3.64. The largest absolute Gasteiger partial charge is 0.386 e. The summed E-state index contributed by atoms with van der Waals surface area (Å²) in [6.45, 7) is 2.29. The molecule has 23 heavy (non-hydrogen) atoms. The number of hydrogen-bond acceptors (Lipinski definition) is 4. The molecule has 0 aliphatic carbocycles. The van der Waals surface area contributed by atoms with Gasteiger partial charge in [0.2, 0.25) is 0 Å². The lowest BCUT2D eigenvalue weighted by Crippen LogP contribution is -2.09. The van der Waals surface area contributed by atoms with Gasteiger partial charge < -0.3 is 10.2 Å². The summed E-state index contributed by atoms with van der Waals surface area (Å²) in [5.74, 6) is 0. The molecule has 1 aromatic heterocycles. The van der Waals surface area contributed by atoms with E-state index in [0.717, 1.165) is 16.7 Å². The number of aliphatic hydroxyl groups is 2. The van der Waals surface area contributed by atoms with E-state index in [4.69, 9.17) is 0 Å². The molecule has 2 N–H and O–H groups in total. The Bertz CT molecular complexity index is 753. The molecule has 0 radical (unpaired) electrons. The zero-order chi connectivity index (χ0) is 16.2. The number of benzene rings is 2. The molecule has 0 bridgehead atoms. The second-order valence-electron chi connectivity index (χ2n) is 5.61. The van der Waals surface area contributed by atoms with Crippen molar-refractivity contribution >= 4 is 0 Å². The summed E-state index contributed by atoms with van der Waals surface area (Å²) >= 11 is 0. The fourth-order valence-electron chi connectivity index (χ4n) is 2.41. The van der Waals surface area contributed by atoms with E-state index in [-0.39, 0.29) is 6.54 Å². The molecule has 0 saturated carbocycles. The van der Waals surface area contributed by atoms with Gasteiger partial charge in [0.25, 0.3) is 0 Å². The zero-order valence-electron chi connectivity index (χ0n) is 12.9. The Labute approximate surface area is 134 Å². The second kappa shape index (κ2) is 6.73. The molecule has 5 heteroatoms.